The van der Waals surface area contributed by atoms with Gasteiger partial charge in [0.05, 0.1) is 0 Å². The number of hydrogen-bond donors (Lipinski definition) is 1. The first kappa shape index (κ1) is 11.1. The minimum atomic E-state index is -3.10. The lowest BCUT2D eigenvalue weighted by Gasteiger charge is -2.20. The third kappa shape index (κ3) is 2.29. The largest absolute Gasteiger partial charge is 0.382 e. The van der Waals surface area contributed by atoms with Crippen molar-refractivity contribution in [1.29, 1.82) is 0 Å². The Labute approximate surface area is 82.4 Å². The average molecular weight is 200 g/mol. The minimum Gasteiger partial charge on any atom is -0.382 e. The molecule has 1 rings (SSSR count). The Kier molecular flexibility index (Phi) is 2.90. The second kappa shape index (κ2) is 3.65. The molecule has 0 radical (unpaired) electrons. The molecule has 0 saturated heterocycles. The Bertz CT molecular complexity index is 329. The average Bonchev–Trinajstić information content (AvgIpc) is 2.06. The first-order valence-corrected chi connectivity index (χ1v) is 4.45. The van der Waals surface area contributed by atoms with Gasteiger partial charge >= 0.3 is 0 Å². The van der Waals surface area contributed by atoms with Crippen LogP contribution in [0.5, 0.6) is 0 Å². The van der Waals surface area contributed by atoms with Gasteiger partial charge in [-0.05, 0) is 25.0 Å². The summed E-state index contributed by atoms with van der Waals surface area (Å²) in [5.74, 6) is -3.10. The van der Waals surface area contributed by atoms with Crippen LogP contribution >= 0.6 is 0 Å². The van der Waals surface area contributed by atoms with Crippen LogP contribution in [0.25, 0.3) is 0 Å². The Balaban J connectivity index is 3.12. The topological polar surface area (TPSA) is 20.2 Å². The van der Waals surface area contributed by atoms with E-state index in [4.69, 9.17) is 0 Å². The van der Waals surface area contributed by atoms with E-state index in [1.165, 1.54) is 0 Å². The van der Waals surface area contributed by atoms with Crippen molar-refractivity contribution in [1.82, 2.24) is 0 Å². The molecule has 0 bridgehead atoms. The molecular weight excluding hydrogens is 186 g/mol. The first-order valence-electron chi connectivity index (χ1n) is 4.45. The molecule has 14 heavy (non-hydrogen) atoms. The van der Waals surface area contributed by atoms with Crippen molar-refractivity contribution in [3.63, 3.8) is 0 Å². The number of aryl methyl sites for hydroxylation is 2. The number of alkyl halides is 2. The lowest BCUT2D eigenvalue weighted by molar-refractivity contribution is -0.0956. The maximum Gasteiger partial charge on any atom is 0.274 e. The Morgan fingerprint density at radius 1 is 1.29 bits per heavy atom. The number of hydrogen-bond acceptors (Lipinski definition) is 1. The molecule has 1 nitrogen and oxygen atoms in total. The molecule has 0 saturated carbocycles. The van der Waals surface area contributed by atoms with Gasteiger partial charge in [-0.2, -0.15) is 0 Å². The van der Waals surface area contributed by atoms with Crippen molar-refractivity contribution in [3.05, 3.63) is 34.9 Å². The summed E-state index contributed by atoms with van der Waals surface area (Å²) in [6.45, 7) is 4.24. The van der Waals surface area contributed by atoms with Crippen LogP contribution in [0.15, 0.2) is 18.2 Å². The molecule has 0 spiro atoms. The van der Waals surface area contributed by atoms with Crippen LogP contribution in [0, 0.1) is 13.8 Å². The minimum absolute atomic E-state index is 0.303. The molecule has 1 aromatic rings. The van der Waals surface area contributed by atoms with Gasteiger partial charge in [-0.1, -0.05) is 23.8 Å². The number of rotatable bonds is 2. The fourth-order valence-corrected chi connectivity index (χ4v) is 1.33. The van der Waals surface area contributed by atoms with E-state index in [-0.39, 0.29) is 0 Å². The highest BCUT2D eigenvalue weighted by Gasteiger charge is 2.34. The zero-order valence-electron chi connectivity index (χ0n) is 8.51. The summed E-state index contributed by atoms with van der Waals surface area (Å²) in [5.41, 5.74) is 1.86. The van der Waals surface area contributed by atoms with Crippen molar-refractivity contribution in [2.24, 2.45) is 0 Å². The quantitative estimate of drug-likeness (QED) is 0.778. The van der Waals surface area contributed by atoms with Gasteiger partial charge in [0.2, 0.25) is 0 Å². The predicted octanol–water partition coefficient (Wildman–Crippen LogP) is 2.99. The second-order valence-corrected chi connectivity index (χ2v) is 3.72. The van der Waals surface area contributed by atoms with E-state index < -0.39 is 12.0 Å². The first-order chi connectivity index (χ1) is 6.32. The van der Waals surface area contributed by atoms with Gasteiger partial charge in [-0.15, -0.1) is 0 Å². The van der Waals surface area contributed by atoms with Crippen molar-refractivity contribution >= 4 is 0 Å². The Morgan fingerprint density at radius 2 is 1.86 bits per heavy atom. The van der Waals surface area contributed by atoms with Crippen molar-refractivity contribution in [2.75, 3.05) is 0 Å². The molecule has 0 aliphatic rings. The molecular formula is C11H14F2O. The number of benzene rings is 1. The van der Waals surface area contributed by atoms with E-state index in [9.17, 15) is 13.9 Å². The zero-order valence-corrected chi connectivity index (χ0v) is 8.51. The molecule has 1 N–H and O–H groups in total. The molecule has 0 aromatic heterocycles. The smallest absolute Gasteiger partial charge is 0.274 e. The van der Waals surface area contributed by atoms with Crippen LogP contribution in [-0.2, 0) is 0 Å². The van der Waals surface area contributed by atoms with Crippen LogP contribution in [0.1, 0.15) is 29.7 Å². The molecule has 0 amide bonds. The summed E-state index contributed by atoms with van der Waals surface area (Å²) in [5, 5.41) is 9.41. The van der Waals surface area contributed by atoms with Crippen LogP contribution in [0.3, 0.4) is 0 Å². The van der Waals surface area contributed by atoms with E-state index >= 15 is 0 Å². The maximum atomic E-state index is 12.9. The summed E-state index contributed by atoms with van der Waals surface area (Å²) in [6, 6.07) is 5.16. The van der Waals surface area contributed by atoms with Crippen molar-refractivity contribution < 1.29 is 13.9 Å². The number of aliphatic hydroxyl groups excluding tert-OH is 1. The Hall–Kier alpha value is -0.960. The fraction of sp³-hybridized carbons (Fsp3) is 0.455. The molecule has 1 atom stereocenters. The zero-order chi connectivity index (χ0) is 10.9. The lowest BCUT2D eigenvalue weighted by Crippen LogP contribution is -2.22. The highest BCUT2D eigenvalue weighted by molar-refractivity contribution is 5.33. The SMILES string of the molecule is Cc1ccc(C)c(C(O)C(C)(F)F)c1. The summed E-state index contributed by atoms with van der Waals surface area (Å²) in [6.07, 6.45) is -1.72. The molecule has 3 heteroatoms. The molecule has 0 aliphatic heterocycles. The van der Waals surface area contributed by atoms with E-state index in [0.717, 1.165) is 12.5 Å². The van der Waals surface area contributed by atoms with Gasteiger partial charge in [0.15, 0.2) is 0 Å². The lowest BCUT2D eigenvalue weighted by atomic mass is 9.98. The third-order valence-corrected chi connectivity index (χ3v) is 2.21. The van der Waals surface area contributed by atoms with E-state index in [1.54, 1.807) is 19.1 Å². The monoisotopic (exact) mass is 200 g/mol. The third-order valence-electron chi connectivity index (χ3n) is 2.21. The van der Waals surface area contributed by atoms with Crippen LogP contribution in [0.2, 0.25) is 0 Å². The van der Waals surface area contributed by atoms with Gasteiger partial charge < -0.3 is 5.11 Å². The molecule has 0 fully saturated rings. The molecule has 1 unspecified atom stereocenters. The van der Waals surface area contributed by atoms with Gasteiger partial charge in [-0.25, -0.2) is 8.78 Å². The highest BCUT2D eigenvalue weighted by Crippen LogP contribution is 2.32. The summed E-state index contributed by atoms with van der Waals surface area (Å²) < 4.78 is 25.7. The number of halogens is 2. The van der Waals surface area contributed by atoms with Crippen LogP contribution < -0.4 is 0 Å². The van der Waals surface area contributed by atoms with E-state index in [0.29, 0.717) is 11.1 Å². The molecule has 0 aliphatic carbocycles. The van der Waals surface area contributed by atoms with E-state index in [1.807, 2.05) is 13.0 Å². The molecule has 78 valence electrons. The molecule has 1 aromatic carbocycles. The van der Waals surface area contributed by atoms with Gasteiger partial charge in [0, 0.05) is 6.92 Å². The Morgan fingerprint density at radius 3 is 2.36 bits per heavy atom. The van der Waals surface area contributed by atoms with Crippen molar-refractivity contribution in [3.8, 4) is 0 Å². The van der Waals surface area contributed by atoms with Gasteiger partial charge in [0.25, 0.3) is 5.92 Å². The van der Waals surface area contributed by atoms with Crippen molar-refractivity contribution in [2.45, 2.75) is 32.8 Å². The fourth-order valence-electron chi connectivity index (χ4n) is 1.33. The second-order valence-electron chi connectivity index (χ2n) is 3.72. The van der Waals surface area contributed by atoms with Gasteiger partial charge in [0.1, 0.15) is 6.10 Å². The van der Waals surface area contributed by atoms with E-state index in [2.05, 4.69) is 0 Å². The summed E-state index contributed by atoms with van der Waals surface area (Å²) >= 11 is 0. The summed E-state index contributed by atoms with van der Waals surface area (Å²) in [7, 11) is 0. The van der Waals surface area contributed by atoms with Crippen LogP contribution in [-0.4, -0.2) is 11.0 Å². The maximum absolute atomic E-state index is 12.9. The molecule has 0 heterocycles. The highest BCUT2D eigenvalue weighted by atomic mass is 19.3. The normalized spacial score (nSPS) is 14.1. The van der Waals surface area contributed by atoms with Crippen LogP contribution in [0.4, 0.5) is 8.78 Å². The standard InChI is InChI=1S/C11H14F2O/c1-7-4-5-8(2)9(6-7)10(14)11(3,12)13/h4-6,10,14H,1-3H3. The van der Waals surface area contributed by atoms with Gasteiger partial charge in [-0.3, -0.25) is 0 Å². The predicted molar refractivity (Wildman–Crippen MR) is 51.5 cm³/mol. The summed E-state index contributed by atoms with van der Waals surface area (Å²) in [4.78, 5) is 0. The number of aliphatic hydroxyl groups is 1.